The number of Topliss-reactive ketones (excluding diaryl/α,β-unsaturated/α-hetero) is 1. The van der Waals surface area contributed by atoms with Crippen LogP contribution in [0.25, 0.3) is 0 Å². The van der Waals surface area contributed by atoms with Crippen LogP contribution in [0.15, 0.2) is 11.0 Å². The van der Waals surface area contributed by atoms with Crippen LogP contribution in [0.5, 0.6) is 0 Å². The Bertz CT molecular complexity index is 829. The Morgan fingerprint density at radius 1 is 1.41 bits per heavy atom. The Hall–Kier alpha value is -2.18. The van der Waals surface area contributed by atoms with Gasteiger partial charge in [0.05, 0.1) is 11.9 Å². The molecule has 1 aromatic heterocycles. The average molecular weight is 375 g/mol. The van der Waals surface area contributed by atoms with Gasteiger partial charge in [0.1, 0.15) is 5.56 Å². The summed E-state index contributed by atoms with van der Waals surface area (Å²) < 4.78 is 0.912. The summed E-state index contributed by atoms with van der Waals surface area (Å²) in [6.07, 6.45) is 3.88. The number of hydrogen-bond acceptors (Lipinski definition) is 5. The lowest BCUT2D eigenvalue weighted by Crippen LogP contribution is -2.58. The summed E-state index contributed by atoms with van der Waals surface area (Å²) in [5, 5.41) is 16.8. The molecule has 0 saturated heterocycles. The van der Waals surface area contributed by atoms with Crippen molar-refractivity contribution in [2.75, 3.05) is 5.32 Å². The smallest absolute Gasteiger partial charge is 0.328 e. The molecule has 3 fully saturated rings. The van der Waals surface area contributed by atoms with Gasteiger partial charge in [0.15, 0.2) is 11.8 Å². The first-order valence-electron chi connectivity index (χ1n) is 9.71. The molecule has 3 aliphatic rings. The fourth-order valence-corrected chi connectivity index (χ4v) is 5.13. The number of carboxylic acids is 1. The topological polar surface area (TPSA) is 101 Å². The number of nitrogens with zero attached hydrogens (tertiary/aromatic N) is 2. The molecule has 27 heavy (non-hydrogen) atoms. The van der Waals surface area contributed by atoms with Crippen molar-refractivity contribution in [1.82, 2.24) is 9.78 Å². The van der Waals surface area contributed by atoms with E-state index in [0.29, 0.717) is 28.9 Å². The summed E-state index contributed by atoms with van der Waals surface area (Å²) in [7, 11) is 0. The summed E-state index contributed by atoms with van der Waals surface area (Å²) in [6.45, 7) is 9.86. The molecule has 3 saturated carbocycles. The second-order valence-electron chi connectivity index (χ2n) is 8.71. The summed E-state index contributed by atoms with van der Waals surface area (Å²) in [4.78, 5) is 36.4. The molecule has 7 heteroatoms. The monoisotopic (exact) mass is 375 g/mol. The van der Waals surface area contributed by atoms with E-state index >= 15 is 0 Å². The minimum absolute atomic E-state index is 0.00425. The molecule has 0 spiro atoms. The van der Waals surface area contributed by atoms with Gasteiger partial charge in [-0.2, -0.15) is 5.10 Å². The van der Waals surface area contributed by atoms with Gasteiger partial charge in [-0.15, -0.1) is 0 Å². The van der Waals surface area contributed by atoms with Crippen molar-refractivity contribution in [2.24, 2.45) is 23.2 Å². The number of anilines is 1. The Labute approximate surface area is 159 Å². The third kappa shape index (κ3) is 3.07. The van der Waals surface area contributed by atoms with E-state index in [0.717, 1.165) is 11.1 Å². The molecule has 0 aromatic carbocycles. The summed E-state index contributed by atoms with van der Waals surface area (Å²) in [5.41, 5.74) is 0.115. The Balaban J connectivity index is 1.93. The van der Waals surface area contributed by atoms with Crippen LogP contribution in [-0.4, -0.2) is 32.7 Å². The van der Waals surface area contributed by atoms with Crippen LogP contribution in [-0.2, 0) is 4.79 Å². The average Bonchev–Trinajstić information content (AvgIpc) is 2.58. The molecule has 4 rings (SSSR count). The number of carbonyl (C=O) groups is 2. The molecular formula is C20H29N3O4. The van der Waals surface area contributed by atoms with Gasteiger partial charge in [0.2, 0.25) is 0 Å². The van der Waals surface area contributed by atoms with Gasteiger partial charge >= 0.3 is 5.97 Å². The zero-order valence-electron chi connectivity index (χ0n) is 16.7. The predicted octanol–water partition coefficient (Wildman–Crippen LogP) is 2.96. The summed E-state index contributed by atoms with van der Waals surface area (Å²) in [6, 6.07) is -0.898. The molecular weight excluding hydrogens is 346 g/mol. The SMILES string of the molecule is CCC(C(=O)O)n1ncc(N[C@@H]2C[C@@H]3C[C@H]([C@H]2C)C3(C)C)c(C(C)=O)c1=O. The van der Waals surface area contributed by atoms with Crippen LogP contribution in [0.4, 0.5) is 5.69 Å². The zero-order valence-corrected chi connectivity index (χ0v) is 16.7. The fraction of sp³-hybridized carbons (Fsp3) is 0.700. The molecule has 0 radical (unpaired) electrons. The number of nitrogens with one attached hydrogen (secondary N) is 1. The van der Waals surface area contributed by atoms with Crippen LogP contribution in [0, 0.1) is 23.2 Å². The lowest BCUT2D eigenvalue weighted by atomic mass is 9.45. The summed E-state index contributed by atoms with van der Waals surface area (Å²) >= 11 is 0. The largest absolute Gasteiger partial charge is 0.480 e. The molecule has 2 N–H and O–H groups in total. The molecule has 1 heterocycles. The minimum Gasteiger partial charge on any atom is -0.480 e. The van der Waals surface area contributed by atoms with Crippen molar-refractivity contribution in [3.8, 4) is 0 Å². The predicted molar refractivity (Wildman–Crippen MR) is 102 cm³/mol. The number of ketones is 1. The summed E-state index contributed by atoms with van der Waals surface area (Å²) in [5.74, 6) is 0.175. The molecule has 7 nitrogen and oxygen atoms in total. The number of fused-ring (bicyclic) bond motifs is 2. The highest BCUT2D eigenvalue weighted by molar-refractivity contribution is 5.99. The first kappa shape index (κ1) is 19.6. The maximum Gasteiger partial charge on any atom is 0.328 e. The minimum atomic E-state index is -1.13. The Morgan fingerprint density at radius 3 is 2.56 bits per heavy atom. The highest BCUT2D eigenvalue weighted by Gasteiger charge is 2.56. The van der Waals surface area contributed by atoms with Crippen LogP contribution in [0.2, 0.25) is 0 Å². The van der Waals surface area contributed by atoms with Gasteiger partial charge in [0.25, 0.3) is 5.56 Å². The van der Waals surface area contributed by atoms with Crippen LogP contribution in [0.3, 0.4) is 0 Å². The van der Waals surface area contributed by atoms with Gasteiger partial charge < -0.3 is 10.4 Å². The van der Waals surface area contributed by atoms with Gasteiger partial charge in [-0.1, -0.05) is 27.7 Å². The lowest BCUT2D eigenvalue weighted by Gasteiger charge is -2.62. The molecule has 1 unspecified atom stereocenters. The highest BCUT2D eigenvalue weighted by Crippen LogP contribution is 2.61. The molecule has 0 aliphatic heterocycles. The third-order valence-electron chi connectivity index (χ3n) is 7.02. The number of carbonyl (C=O) groups excluding carboxylic acids is 1. The van der Waals surface area contributed by atoms with Crippen LogP contribution in [0.1, 0.15) is 70.3 Å². The van der Waals surface area contributed by atoms with Gasteiger partial charge in [-0.3, -0.25) is 9.59 Å². The van der Waals surface area contributed by atoms with E-state index in [1.807, 2.05) is 0 Å². The highest BCUT2D eigenvalue weighted by atomic mass is 16.4. The van der Waals surface area contributed by atoms with Gasteiger partial charge in [-0.05, 0) is 49.4 Å². The number of hydrogen-bond donors (Lipinski definition) is 2. The molecule has 0 amide bonds. The van der Waals surface area contributed by atoms with Crippen LogP contribution < -0.4 is 10.9 Å². The third-order valence-corrected chi connectivity index (χ3v) is 7.02. The molecule has 3 aliphatic carbocycles. The normalized spacial score (nSPS) is 29.5. The van der Waals surface area contributed by atoms with Crippen molar-refractivity contribution in [2.45, 2.75) is 66.0 Å². The molecule has 148 valence electrons. The van der Waals surface area contributed by atoms with E-state index in [2.05, 4.69) is 31.2 Å². The number of aliphatic carboxylic acids is 1. The Morgan fingerprint density at radius 2 is 2.07 bits per heavy atom. The maximum absolute atomic E-state index is 12.8. The van der Waals surface area contributed by atoms with E-state index in [-0.39, 0.29) is 23.8 Å². The van der Waals surface area contributed by atoms with E-state index in [4.69, 9.17) is 0 Å². The second-order valence-corrected chi connectivity index (χ2v) is 8.71. The Kier molecular flexibility index (Phi) is 4.91. The van der Waals surface area contributed by atoms with Crippen molar-refractivity contribution in [1.29, 1.82) is 0 Å². The van der Waals surface area contributed by atoms with E-state index in [1.165, 1.54) is 19.5 Å². The van der Waals surface area contributed by atoms with Crippen LogP contribution >= 0.6 is 0 Å². The second kappa shape index (κ2) is 6.77. The van der Waals surface area contributed by atoms with Crippen molar-refractivity contribution >= 4 is 17.4 Å². The molecule has 1 aromatic rings. The van der Waals surface area contributed by atoms with Crippen molar-refractivity contribution in [3.63, 3.8) is 0 Å². The standard InChI is InChI=1S/C20H29N3O4/c1-6-16(19(26)27)23-18(25)17(11(3)24)15(9-21-23)22-14-8-12-7-13(10(14)2)20(12,4)5/h9-10,12-14,16,22H,6-8H2,1-5H3,(H,26,27)/t10-,12+,13-,14-,16?/m1/s1. The van der Waals surface area contributed by atoms with Crippen molar-refractivity contribution in [3.05, 3.63) is 22.1 Å². The first-order chi connectivity index (χ1) is 12.6. The van der Waals surface area contributed by atoms with E-state index in [9.17, 15) is 19.5 Å². The van der Waals surface area contributed by atoms with Gasteiger partial charge in [0, 0.05) is 6.04 Å². The fourth-order valence-electron chi connectivity index (χ4n) is 5.13. The van der Waals surface area contributed by atoms with E-state index in [1.54, 1.807) is 6.92 Å². The zero-order chi connectivity index (χ0) is 20.1. The maximum atomic E-state index is 12.8. The molecule has 5 atom stereocenters. The number of rotatable bonds is 6. The number of aromatic nitrogens is 2. The quantitative estimate of drug-likeness (QED) is 0.741. The van der Waals surface area contributed by atoms with E-state index < -0.39 is 17.6 Å². The number of carboxylic acid groups (broad SMARTS) is 1. The molecule has 2 bridgehead atoms. The van der Waals surface area contributed by atoms with Crippen molar-refractivity contribution < 1.29 is 14.7 Å². The first-order valence-corrected chi connectivity index (χ1v) is 9.71. The lowest BCUT2D eigenvalue weighted by molar-refractivity contribution is -0.141. The van der Waals surface area contributed by atoms with Gasteiger partial charge in [-0.25, -0.2) is 9.48 Å².